The maximum Gasteiger partial charge on any atom is 0.257 e. The van der Waals surface area contributed by atoms with E-state index in [2.05, 4.69) is 10.6 Å². The summed E-state index contributed by atoms with van der Waals surface area (Å²) in [4.78, 5) is 23.3. The standard InChI is InChI=1S/C20H21ClN2O3/c1-3-22-20(25)13-26-17-9-7-16(8-10-17)23-19(24)11-6-15-5-4-14(2)18(21)12-15/h4-12H,3,13H2,1-2H3,(H,22,25)(H,23,24)/b11-6+. The van der Waals surface area contributed by atoms with E-state index in [0.29, 0.717) is 23.0 Å². The SMILES string of the molecule is CCNC(=O)COc1ccc(NC(=O)/C=C/c2ccc(C)c(Cl)c2)cc1. The van der Waals surface area contributed by atoms with E-state index in [1.165, 1.54) is 6.08 Å². The van der Waals surface area contributed by atoms with Crippen molar-refractivity contribution in [2.24, 2.45) is 0 Å². The fraction of sp³-hybridized carbons (Fsp3) is 0.200. The summed E-state index contributed by atoms with van der Waals surface area (Å²) >= 11 is 6.07. The molecule has 26 heavy (non-hydrogen) atoms. The number of carbonyl (C=O) groups is 2. The number of anilines is 1. The van der Waals surface area contributed by atoms with E-state index in [1.54, 1.807) is 30.3 Å². The number of halogens is 1. The maximum absolute atomic E-state index is 12.0. The highest BCUT2D eigenvalue weighted by atomic mass is 35.5. The fourth-order valence-corrected chi connectivity index (χ4v) is 2.29. The van der Waals surface area contributed by atoms with Crippen molar-refractivity contribution >= 4 is 35.2 Å². The number of hydrogen-bond acceptors (Lipinski definition) is 3. The Labute approximate surface area is 158 Å². The first-order valence-electron chi connectivity index (χ1n) is 8.22. The summed E-state index contributed by atoms with van der Waals surface area (Å²) in [5, 5.41) is 6.07. The molecule has 0 aromatic heterocycles. The first kappa shape index (κ1) is 19.5. The summed E-state index contributed by atoms with van der Waals surface area (Å²) < 4.78 is 5.36. The lowest BCUT2D eigenvalue weighted by Gasteiger charge is -2.07. The molecule has 2 rings (SSSR count). The zero-order valence-corrected chi connectivity index (χ0v) is 15.5. The summed E-state index contributed by atoms with van der Waals surface area (Å²) in [6.07, 6.45) is 3.14. The Morgan fingerprint density at radius 2 is 1.88 bits per heavy atom. The van der Waals surface area contributed by atoms with Gasteiger partial charge in [-0.15, -0.1) is 0 Å². The van der Waals surface area contributed by atoms with Crippen LogP contribution in [-0.2, 0) is 9.59 Å². The second kappa shape index (κ2) is 9.63. The Bertz CT molecular complexity index is 801. The largest absolute Gasteiger partial charge is 0.484 e. The Kier molecular flexibility index (Phi) is 7.24. The molecule has 2 N–H and O–H groups in total. The molecule has 6 heteroatoms. The van der Waals surface area contributed by atoms with Crippen LogP contribution in [0.2, 0.25) is 5.02 Å². The molecule has 0 spiro atoms. The van der Waals surface area contributed by atoms with Gasteiger partial charge in [-0.3, -0.25) is 9.59 Å². The topological polar surface area (TPSA) is 67.4 Å². The molecule has 0 fully saturated rings. The lowest BCUT2D eigenvalue weighted by atomic mass is 10.1. The Balaban J connectivity index is 1.87. The molecule has 0 heterocycles. The highest BCUT2D eigenvalue weighted by molar-refractivity contribution is 6.31. The van der Waals surface area contributed by atoms with Crippen molar-refractivity contribution < 1.29 is 14.3 Å². The summed E-state index contributed by atoms with van der Waals surface area (Å²) in [6, 6.07) is 12.4. The molecule has 2 aromatic rings. The van der Waals surface area contributed by atoms with Gasteiger partial charge in [0.2, 0.25) is 5.91 Å². The third kappa shape index (κ3) is 6.26. The van der Waals surface area contributed by atoms with Gasteiger partial charge in [0, 0.05) is 23.3 Å². The molecule has 0 aliphatic rings. The predicted molar refractivity (Wildman–Crippen MR) is 104 cm³/mol. The molecule has 0 saturated carbocycles. The molecule has 0 unspecified atom stereocenters. The van der Waals surface area contributed by atoms with Crippen molar-refractivity contribution in [2.75, 3.05) is 18.5 Å². The average Bonchev–Trinajstić information content (AvgIpc) is 2.62. The number of likely N-dealkylation sites (N-methyl/N-ethyl adjacent to an activating group) is 1. The van der Waals surface area contributed by atoms with Crippen LogP contribution in [0.25, 0.3) is 6.08 Å². The number of hydrogen-bond donors (Lipinski definition) is 2. The van der Waals surface area contributed by atoms with Gasteiger partial charge in [0.1, 0.15) is 5.75 Å². The molecule has 0 radical (unpaired) electrons. The van der Waals surface area contributed by atoms with Gasteiger partial charge in [-0.05, 0) is 61.4 Å². The third-order valence-electron chi connectivity index (χ3n) is 3.49. The first-order valence-corrected chi connectivity index (χ1v) is 8.60. The zero-order valence-electron chi connectivity index (χ0n) is 14.7. The van der Waals surface area contributed by atoms with Crippen LogP contribution in [-0.4, -0.2) is 25.0 Å². The molecule has 0 saturated heterocycles. The summed E-state index contributed by atoms with van der Waals surface area (Å²) in [6.45, 7) is 4.29. The van der Waals surface area contributed by atoms with Gasteiger partial charge in [0.05, 0.1) is 0 Å². The number of aryl methyl sites for hydroxylation is 1. The first-order chi connectivity index (χ1) is 12.5. The van der Waals surface area contributed by atoms with Gasteiger partial charge in [0.15, 0.2) is 6.61 Å². The third-order valence-corrected chi connectivity index (χ3v) is 3.90. The van der Waals surface area contributed by atoms with Crippen molar-refractivity contribution in [3.8, 4) is 5.75 Å². The summed E-state index contributed by atoms with van der Waals surface area (Å²) in [5.74, 6) is 0.128. The van der Waals surface area contributed by atoms with Crippen LogP contribution in [0.5, 0.6) is 5.75 Å². The van der Waals surface area contributed by atoms with Gasteiger partial charge in [-0.1, -0.05) is 23.7 Å². The molecule has 0 bridgehead atoms. The van der Waals surface area contributed by atoms with Crippen molar-refractivity contribution in [3.05, 3.63) is 64.7 Å². The van der Waals surface area contributed by atoms with Crippen LogP contribution in [0.3, 0.4) is 0 Å². The predicted octanol–water partition coefficient (Wildman–Crippen LogP) is 3.82. The van der Waals surface area contributed by atoms with Gasteiger partial charge in [0.25, 0.3) is 5.91 Å². The number of carbonyl (C=O) groups excluding carboxylic acids is 2. The van der Waals surface area contributed by atoms with Gasteiger partial charge in [-0.2, -0.15) is 0 Å². The molecule has 2 aromatic carbocycles. The second-order valence-corrected chi connectivity index (χ2v) is 6.00. The minimum atomic E-state index is -0.252. The quantitative estimate of drug-likeness (QED) is 0.726. The fourth-order valence-electron chi connectivity index (χ4n) is 2.10. The van der Waals surface area contributed by atoms with E-state index < -0.39 is 0 Å². The van der Waals surface area contributed by atoms with Gasteiger partial charge >= 0.3 is 0 Å². The lowest BCUT2D eigenvalue weighted by molar-refractivity contribution is -0.123. The molecular weight excluding hydrogens is 352 g/mol. The van der Waals surface area contributed by atoms with Crippen LogP contribution in [0, 0.1) is 6.92 Å². The van der Waals surface area contributed by atoms with Crippen LogP contribution in [0.4, 0.5) is 5.69 Å². The van der Waals surface area contributed by atoms with Crippen molar-refractivity contribution in [3.63, 3.8) is 0 Å². The van der Waals surface area contributed by atoms with E-state index in [9.17, 15) is 9.59 Å². The van der Waals surface area contributed by atoms with E-state index in [0.717, 1.165) is 11.1 Å². The molecule has 0 atom stereocenters. The second-order valence-electron chi connectivity index (χ2n) is 5.60. The molecule has 0 aliphatic heterocycles. The van der Waals surface area contributed by atoms with E-state index in [-0.39, 0.29) is 18.4 Å². The number of ether oxygens (including phenoxy) is 1. The Morgan fingerprint density at radius 1 is 1.15 bits per heavy atom. The van der Waals surface area contributed by atoms with Crippen LogP contribution < -0.4 is 15.4 Å². The number of nitrogens with one attached hydrogen (secondary N) is 2. The highest BCUT2D eigenvalue weighted by Crippen LogP contribution is 2.18. The molecule has 0 aliphatic carbocycles. The number of benzene rings is 2. The van der Waals surface area contributed by atoms with Crippen molar-refractivity contribution in [2.45, 2.75) is 13.8 Å². The van der Waals surface area contributed by atoms with E-state index in [1.807, 2.05) is 32.0 Å². The molecule has 136 valence electrons. The molecule has 5 nitrogen and oxygen atoms in total. The summed E-state index contributed by atoms with van der Waals surface area (Å²) in [5.41, 5.74) is 2.47. The Morgan fingerprint density at radius 3 is 2.54 bits per heavy atom. The molecular formula is C20H21ClN2O3. The number of amides is 2. The molecule has 2 amide bonds. The van der Waals surface area contributed by atoms with Crippen molar-refractivity contribution in [1.29, 1.82) is 0 Å². The lowest BCUT2D eigenvalue weighted by Crippen LogP contribution is -2.28. The van der Waals surface area contributed by atoms with Gasteiger partial charge < -0.3 is 15.4 Å². The average molecular weight is 373 g/mol. The summed E-state index contributed by atoms with van der Waals surface area (Å²) in [7, 11) is 0. The van der Waals surface area contributed by atoms with Gasteiger partial charge in [-0.25, -0.2) is 0 Å². The number of rotatable bonds is 7. The van der Waals surface area contributed by atoms with Crippen LogP contribution in [0.1, 0.15) is 18.1 Å². The minimum Gasteiger partial charge on any atom is -0.484 e. The minimum absolute atomic E-state index is 0.0403. The van der Waals surface area contributed by atoms with Crippen LogP contribution in [0.15, 0.2) is 48.5 Å². The maximum atomic E-state index is 12.0. The van der Waals surface area contributed by atoms with E-state index in [4.69, 9.17) is 16.3 Å². The normalized spacial score (nSPS) is 10.6. The smallest absolute Gasteiger partial charge is 0.257 e. The Hall–Kier alpha value is -2.79. The zero-order chi connectivity index (χ0) is 18.9. The van der Waals surface area contributed by atoms with E-state index >= 15 is 0 Å². The highest BCUT2D eigenvalue weighted by Gasteiger charge is 2.03. The van der Waals surface area contributed by atoms with Crippen LogP contribution >= 0.6 is 11.6 Å². The monoisotopic (exact) mass is 372 g/mol. The van der Waals surface area contributed by atoms with Crippen molar-refractivity contribution in [1.82, 2.24) is 5.32 Å².